The Kier molecular flexibility index (Phi) is 4.28. The lowest BCUT2D eigenvalue weighted by Gasteiger charge is -2.10. The van der Waals surface area contributed by atoms with Gasteiger partial charge in [-0.1, -0.05) is 6.92 Å². The van der Waals surface area contributed by atoms with Crippen LogP contribution in [0, 0.1) is 0 Å². The Morgan fingerprint density at radius 2 is 2.35 bits per heavy atom. The molecule has 0 radical (unpaired) electrons. The minimum Gasteiger partial charge on any atom is -0.350 e. The zero-order chi connectivity index (χ0) is 12.3. The van der Waals surface area contributed by atoms with E-state index in [4.69, 9.17) is 0 Å². The molecule has 92 valence electrons. The quantitative estimate of drug-likeness (QED) is 0.921. The Labute approximate surface area is 113 Å². The van der Waals surface area contributed by atoms with E-state index in [-0.39, 0.29) is 0 Å². The van der Waals surface area contributed by atoms with E-state index in [2.05, 4.69) is 45.2 Å². The standard InChI is InChI=1S/C11H15BrN4S/c1-3-17-7-8(2)13-11-14-10-5-4-9(12)6-16(10)15-11/h4-6,8H,3,7H2,1-2H3,(H,13,15). The maximum Gasteiger partial charge on any atom is 0.243 e. The van der Waals surface area contributed by atoms with Gasteiger partial charge in [-0.05, 0) is 40.7 Å². The van der Waals surface area contributed by atoms with Crippen molar-refractivity contribution in [3.63, 3.8) is 0 Å². The molecular formula is C11H15BrN4S. The molecule has 0 saturated carbocycles. The fourth-order valence-corrected chi connectivity index (χ4v) is 2.47. The summed E-state index contributed by atoms with van der Waals surface area (Å²) < 4.78 is 2.77. The number of hydrogen-bond donors (Lipinski definition) is 1. The average molecular weight is 315 g/mol. The first-order valence-corrected chi connectivity index (χ1v) is 7.50. The highest BCUT2D eigenvalue weighted by Gasteiger charge is 2.07. The lowest BCUT2D eigenvalue weighted by Crippen LogP contribution is -2.18. The minimum atomic E-state index is 0.376. The summed E-state index contributed by atoms with van der Waals surface area (Å²) in [6, 6.07) is 4.28. The number of nitrogens with zero attached hydrogens (tertiary/aromatic N) is 3. The predicted molar refractivity (Wildman–Crippen MR) is 76.8 cm³/mol. The SMILES string of the molecule is CCSCC(C)Nc1nc2ccc(Br)cn2n1. The molecule has 0 bridgehead atoms. The zero-order valence-corrected chi connectivity index (χ0v) is 12.3. The predicted octanol–water partition coefficient (Wildman–Crippen LogP) is 3.05. The van der Waals surface area contributed by atoms with Crippen molar-refractivity contribution in [3.05, 3.63) is 22.8 Å². The number of hydrogen-bond acceptors (Lipinski definition) is 4. The summed E-state index contributed by atoms with van der Waals surface area (Å²) in [7, 11) is 0. The summed E-state index contributed by atoms with van der Waals surface area (Å²) >= 11 is 5.33. The van der Waals surface area contributed by atoms with Crippen LogP contribution in [0.15, 0.2) is 22.8 Å². The first-order chi connectivity index (χ1) is 8.19. The highest BCUT2D eigenvalue weighted by molar-refractivity contribution is 9.10. The molecule has 4 nitrogen and oxygen atoms in total. The molecule has 0 amide bonds. The number of nitrogens with one attached hydrogen (secondary N) is 1. The third-order valence-corrected chi connectivity index (χ3v) is 3.86. The Bertz CT molecular complexity index is 499. The van der Waals surface area contributed by atoms with Crippen LogP contribution in [0.3, 0.4) is 0 Å². The van der Waals surface area contributed by atoms with E-state index >= 15 is 0 Å². The van der Waals surface area contributed by atoms with Crippen molar-refractivity contribution < 1.29 is 0 Å². The molecule has 6 heteroatoms. The zero-order valence-electron chi connectivity index (χ0n) is 9.85. The maximum absolute atomic E-state index is 4.41. The van der Waals surface area contributed by atoms with Gasteiger partial charge in [-0.15, -0.1) is 5.10 Å². The van der Waals surface area contributed by atoms with Crippen LogP contribution in [0.1, 0.15) is 13.8 Å². The van der Waals surface area contributed by atoms with E-state index in [0.717, 1.165) is 21.6 Å². The Hall–Kier alpha value is -0.750. The number of fused-ring (bicyclic) bond motifs is 1. The van der Waals surface area contributed by atoms with Crippen LogP contribution in [0.4, 0.5) is 5.95 Å². The van der Waals surface area contributed by atoms with Crippen LogP contribution in [0.5, 0.6) is 0 Å². The average Bonchev–Trinajstić information content (AvgIpc) is 2.67. The first-order valence-electron chi connectivity index (χ1n) is 5.55. The molecule has 2 heterocycles. The number of rotatable bonds is 5. The van der Waals surface area contributed by atoms with Crippen LogP contribution in [0.2, 0.25) is 0 Å². The third kappa shape index (κ3) is 3.35. The molecular weight excluding hydrogens is 300 g/mol. The van der Waals surface area contributed by atoms with E-state index in [1.807, 2.05) is 30.1 Å². The monoisotopic (exact) mass is 314 g/mol. The summed E-state index contributed by atoms with van der Waals surface area (Å²) in [5, 5.41) is 7.68. The van der Waals surface area contributed by atoms with Crippen molar-refractivity contribution >= 4 is 39.3 Å². The van der Waals surface area contributed by atoms with Gasteiger partial charge in [-0.3, -0.25) is 0 Å². The lowest BCUT2D eigenvalue weighted by atomic mass is 10.4. The normalized spacial score (nSPS) is 12.9. The summed E-state index contributed by atoms with van der Waals surface area (Å²) in [5.41, 5.74) is 0.853. The van der Waals surface area contributed by atoms with Crippen LogP contribution in [-0.4, -0.2) is 32.1 Å². The molecule has 0 fully saturated rings. The van der Waals surface area contributed by atoms with E-state index in [1.54, 1.807) is 4.52 Å². The van der Waals surface area contributed by atoms with Gasteiger partial charge in [0.05, 0.1) is 0 Å². The molecule has 1 N–H and O–H groups in total. The third-order valence-electron chi connectivity index (χ3n) is 2.24. The summed E-state index contributed by atoms with van der Waals surface area (Å²) in [6.07, 6.45) is 1.90. The number of anilines is 1. The molecule has 0 aliphatic rings. The van der Waals surface area contributed by atoms with E-state index in [0.29, 0.717) is 12.0 Å². The van der Waals surface area contributed by atoms with Gasteiger partial charge >= 0.3 is 0 Å². The second kappa shape index (κ2) is 5.73. The summed E-state index contributed by atoms with van der Waals surface area (Å²) in [4.78, 5) is 4.41. The van der Waals surface area contributed by atoms with Gasteiger partial charge in [0.15, 0.2) is 5.65 Å². The van der Waals surface area contributed by atoms with E-state index in [9.17, 15) is 0 Å². The molecule has 17 heavy (non-hydrogen) atoms. The second-order valence-corrected chi connectivity index (χ2v) is 6.02. The number of thioether (sulfide) groups is 1. The molecule has 0 aromatic carbocycles. The van der Waals surface area contributed by atoms with Gasteiger partial charge in [0, 0.05) is 22.5 Å². The molecule has 0 aliphatic heterocycles. The molecule has 0 spiro atoms. The Balaban J connectivity index is 2.08. The Morgan fingerprint density at radius 3 is 3.12 bits per heavy atom. The summed E-state index contributed by atoms with van der Waals surface area (Å²) in [6.45, 7) is 4.31. The van der Waals surface area contributed by atoms with Crippen molar-refractivity contribution in [2.24, 2.45) is 0 Å². The van der Waals surface area contributed by atoms with Gasteiger partial charge in [-0.2, -0.15) is 16.7 Å². The van der Waals surface area contributed by atoms with Crippen molar-refractivity contribution in [2.75, 3.05) is 16.8 Å². The molecule has 0 saturated heterocycles. The smallest absolute Gasteiger partial charge is 0.243 e. The van der Waals surface area contributed by atoms with Gasteiger partial charge in [0.25, 0.3) is 0 Å². The van der Waals surface area contributed by atoms with Crippen molar-refractivity contribution in [1.82, 2.24) is 14.6 Å². The van der Waals surface area contributed by atoms with Crippen LogP contribution >= 0.6 is 27.7 Å². The van der Waals surface area contributed by atoms with Crippen LogP contribution in [-0.2, 0) is 0 Å². The molecule has 0 aliphatic carbocycles. The van der Waals surface area contributed by atoms with Crippen LogP contribution < -0.4 is 5.32 Å². The number of aromatic nitrogens is 3. The first kappa shape index (κ1) is 12.7. The second-order valence-electron chi connectivity index (χ2n) is 3.79. The van der Waals surface area contributed by atoms with Crippen LogP contribution in [0.25, 0.3) is 5.65 Å². The van der Waals surface area contributed by atoms with Gasteiger partial charge in [0.2, 0.25) is 5.95 Å². The summed E-state index contributed by atoms with van der Waals surface area (Å²) in [5.74, 6) is 2.89. The van der Waals surface area contributed by atoms with Gasteiger partial charge in [0.1, 0.15) is 0 Å². The largest absolute Gasteiger partial charge is 0.350 e. The highest BCUT2D eigenvalue weighted by Crippen LogP contribution is 2.13. The molecule has 2 rings (SSSR count). The van der Waals surface area contributed by atoms with Gasteiger partial charge < -0.3 is 5.32 Å². The highest BCUT2D eigenvalue weighted by atomic mass is 79.9. The van der Waals surface area contributed by atoms with Crippen molar-refractivity contribution in [1.29, 1.82) is 0 Å². The molecule has 2 aromatic heterocycles. The topological polar surface area (TPSA) is 42.2 Å². The maximum atomic E-state index is 4.41. The minimum absolute atomic E-state index is 0.376. The number of halogens is 1. The number of pyridine rings is 1. The van der Waals surface area contributed by atoms with Crippen molar-refractivity contribution in [3.8, 4) is 0 Å². The van der Waals surface area contributed by atoms with E-state index < -0.39 is 0 Å². The Morgan fingerprint density at radius 1 is 1.53 bits per heavy atom. The lowest BCUT2D eigenvalue weighted by molar-refractivity contribution is 0.874. The van der Waals surface area contributed by atoms with E-state index in [1.165, 1.54) is 0 Å². The van der Waals surface area contributed by atoms with Crippen molar-refractivity contribution in [2.45, 2.75) is 19.9 Å². The fraction of sp³-hybridized carbons (Fsp3) is 0.455. The molecule has 1 unspecified atom stereocenters. The fourth-order valence-electron chi connectivity index (χ4n) is 1.48. The molecule has 2 aromatic rings. The van der Waals surface area contributed by atoms with Gasteiger partial charge in [-0.25, -0.2) is 4.52 Å². The molecule has 1 atom stereocenters.